The van der Waals surface area contributed by atoms with E-state index in [1.54, 1.807) is 18.2 Å². The monoisotopic (exact) mass is 464 g/mol. The van der Waals surface area contributed by atoms with Crippen LogP contribution < -0.4 is 19.6 Å². The Bertz CT molecular complexity index is 1440. The molecule has 0 fully saturated rings. The average molecular weight is 464 g/mol. The average Bonchev–Trinajstić information content (AvgIpc) is 2.83. The van der Waals surface area contributed by atoms with Crippen molar-refractivity contribution < 1.29 is 39.1 Å². The molecule has 2 atom stereocenters. The minimum Gasteiger partial charge on any atom is -0.508 e. The van der Waals surface area contributed by atoms with Crippen LogP contribution in [0.2, 0.25) is 0 Å². The number of ether oxygens (including phenoxy) is 3. The van der Waals surface area contributed by atoms with E-state index in [9.17, 15) is 25.2 Å². The fourth-order valence-corrected chi connectivity index (χ4v) is 3.95. The minimum absolute atomic E-state index is 0.0252. The Balaban J connectivity index is 1.66. The van der Waals surface area contributed by atoms with Crippen LogP contribution in [0.25, 0.3) is 22.3 Å². The van der Waals surface area contributed by atoms with E-state index in [2.05, 4.69) is 0 Å². The summed E-state index contributed by atoms with van der Waals surface area (Å²) in [5, 5.41) is 40.0. The maximum absolute atomic E-state index is 13.1. The van der Waals surface area contributed by atoms with Gasteiger partial charge in [0.25, 0.3) is 0 Å². The summed E-state index contributed by atoms with van der Waals surface area (Å²) in [4.78, 5) is 13.1. The molecule has 1 aliphatic rings. The maximum Gasteiger partial charge on any atom is 0.204 e. The van der Waals surface area contributed by atoms with Gasteiger partial charge >= 0.3 is 0 Å². The lowest BCUT2D eigenvalue weighted by Gasteiger charge is -2.34. The summed E-state index contributed by atoms with van der Waals surface area (Å²) >= 11 is 0. The van der Waals surface area contributed by atoms with Gasteiger partial charge in [-0.3, -0.25) is 4.79 Å². The summed E-state index contributed by atoms with van der Waals surface area (Å²) in [5.74, 6) is -0.00683. The van der Waals surface area contributed by atoms with Crippen LogP contribution in [0.3, 0.4) is 0 Å². The summed E-state index contributed by atoms with van der Waals surface area (Å²) in [6.07, 6.45) is -1.79. The summed E-state index contributed by atoms with van der Waals surface area (Å²) in [6.45, 7) is -0.445. The fourth-order valence-electron chi connectivity index (χ4n) is 3.95. The number of fused-ring (bicyclic) bond motifs is 3. The van der Waals surface area contributed by atoms with Crippen LogP contribution in [-0.2, 0) is 0 Å². The number of aromatic hydroxyl groups is 3. The third-order valence-corrected chi connectivity index (χ3v) is 5.62. The largest absolute Gasteiger partial charge is 0.508 e. The van der Waals surface area contributed by atoms with Gasteiger partial charge in [-0.15, -0.1) is 0 Å². The molecular formula is C25H20O9. The van der Waals surface area contributed by atoms with E-state index in [-0.39, 0.29) is 51.2 Å². The van der Waals surface area contributed by atoms with Crippen molar-refractivity contribution in [1.29, 1.82) is 0 Å². The van der Waals surface area contributed by atoms with Crippen molar-refractivity contribution in [1.82, 2.24) is 0 Å². The highest BCUT2D eigenvalue weighted by molar-refractivity contribution is 5.90. The molecule has 0 radical (unpaired) electrons. The van der Waals surface area contributed by atoms with Crippen LogP contribution >= 0.6 is 0 Å². The number of rotatable bonds is 4. The van der Waals surface area contributed by atoms with E-state index in [1.807, 2.05) is 0 Å². The Hall–Kier alpha value is -4.37. The van der Waals surface area contributed by atoms with E-state index < -0.39 is 24.2 Å². The van der Waals surface area contributed by atoms with Crippen LogP contribution in [0.4, 0.5) is 0 Å². The molecule has 2 heterocycles. The standard InChI is InChI=1S/C25H20O9/c1-31-19-8-13(4-7-15(19)28)23-21(11-26)33-24-17(30)10-20-22(25(24)34-23)16(29)9-18(32-20)12-2-5-14(27)6-3-12/h2-10,21,23,26-28,30H,11H2,1H3/t21-,23-/m0/s1. The van der Waals surface area contributed by atoms with Crippen molar-refractivity contribution in [2.45, 2.75) is 12.2 Å². The molecule has 0 unspecified atom stereocenters. The van der Waals surface area contributed by atoms with Gasteiger partial charge in [0.05, 0.1) is 13.7 Å². The zero-order chi connectivity index (χ0) is 24.0. The summed E-state index contributed by atoms with van der Waals surface area (Å²) in [5.41, 5.74) is 0.704. The lowest BCUT2D eigenvalue weighted by atomic mass is 10.0. The lowest BCUT2D eigenvalue weighted by molar-refractivity contribution is -0.0130. The molecule has 9 heteroatoms. The molecule has 4 aromatic rings. The van der Waals surface area contributed by atoms with E-state index in [1.165, 1.54) is 43.5 Å². The molecule has 3 aromatic carbocycles. The number of hydrogen-bond donors (Lipinski definition) is 4. The summed E-state index contributed by atoms with van der Waals surface area (Å²) in [6, 6.07) is 13.2. The highest BCUT2D eigenvalue weighted by Crippen LogP contribution is 2.49. The first-order chi connectivity index (χ1) is 16.4. The molecule has 1 aromatic heterocycles. The number of phenolic OH excluding ortho intramolecular Hbond substituents is 3. The summed E-state index contributed by atoms with van der Waals surface area (Å²) < 4.78 is 23.0. The Morgan fingerprint density at radius 1 is 0.912 bits per heavy atom. The first-order valence-electron chi connectivity index (χ1n) is 10.3. The quantitative estimate of drug-likeness (QED) is 0.358. The number of methoxy groups -OCH3 is 1. The van der Waals surface area contributed by atoms with Gasteiger partial charge < -0.3 is 39.1 Å². The first kappa shape index (κ1) is 21.5. The predicted molar refractivity (Wildman–Crippen MR) is 121 cm³/mol. The second kappa shape index (κ2) is 8.20. The lowest BCUT2D eigenvalue weighted by Crippen LogP contribution is -2.36. The van der Waals surface area contributed by atoms with Gasteiger partial charge in [-0.25, -0.2) is 0 Å². The van der Waals surface area contributed by atoms with E-state index in [0.717, 1.165) is 0 Å². The van der Waals surface area contributed by atoms with Gasteiger partial charge in [-0.2, -0.15) is 0 Å². The topological polar surface area (TPSA) is 139 Å². The van der Waals surface area contributed by atoms with Gasteiger partial charge in [0.15, 0.2) is 40.6 Å². The molecule has 174 valence electrons. The molecular weight excluding hydrogens is 444 g/mol. The number of hydrogen-bond acceptors (Lipinski definition) is 9. The SMILES string of the molecule is COc1cc([C@@H]2Oc3c(c(O)cc4oc(-c5ccc(O)cc5)cc(=O)c34)O[C@H]2CO)ccc1O. The Morgan fingerprint density at radius 3 is 2.38 bits per heavy atom. The molecule has 0 saturated heterocycles. The minimum atomic E-state index is -0.909. The van der Waals surface area contributed by atoms with Crippen molar-refractivity contribution in [3.63, 3.8) is 0 Å². The molecule has 4 N–H and O–H groups in total. The zero-order valence-corrected chi connectivity index (χ0v) is 17.9. The van der Waals surface area contributed by atoms with Gasteiger partial charge in [0.1, 0.15) is 22.5 Å². The Morgan fingerprint density at radius 2 is 1.68 bits per heavy atom. The molecule has 34 heavy (non-hydrogen) atoms. The van der Waals surface area contributed by atoms with Gasteiger partial charge in [0, 0.05) is 23.3 Å². The van der Waals surface area contributed by atoms with Crippen LogP contribution in [0.15, 0.2) is 63.8 Å². The highest BCUT2D eigenvalue weighted by atomic mass is 16.6. The van der Waals surface area contributed by atoms with Gasteiger partial charge in [-0.1, -0.05) is 6.07 Å². The first-order valence-corrected chi connectivity index (χ1v) is 10.3. The number of benzene rings is 3. The van der Waals surface area contributed by atoms with E-state index in [4.69, 9.17) is 18.6 Å². The maximum atomic E-state index is 13.1. The third-order valence-electron chi connectivity index (χ3n) is 5.62. The van der Waals surface area contributed by atoms with Crippen molar-refractivity contribution in [2.75, 3.05) is 13.7 Å². The van der Waals surface area contributed by atoms with Gasteiger partial charge in [0.2, 0.25) is 5.75 Å². The molecule has 0 spiro atoms. The Kier molecular flexibility index (Phi) is 5.18. The number of phenols is 3. The highest BCUT2D eigenvalue weighted by Gasteiger charge is 2.37. The number of aliphatic hydroxyl groups is 1. The van der Waals surface area contributed by atoms with E-state index >= 15 is 0 Å². The predicted octanol–water partition coefficient (Wildman–Crippen LogP) is 3.46. The molecule has 5 rings (SSSR count). The molecule has 0 aliphatic carbocycles. The van der Waals surface area contributed by atoms with Crippen LogP contribution in [0.1, 0.15) is 11.7 Å². The second-order valence-electron chi connectivity index (χ2n) is 7.76. The van der Waals surface area contributed by atoms with Crippen molar-refractivity contribution >= 4 is 11.0 Å². The normalized spacial score (nSPS) is 17.0. The molecule has 0 saturated carbocycles. The molecule has 9 nitrogen and oxygen atoms in total. The van der Waals surface area contributed by atoms with Crippen LogP contribution in [-0.4, -0.2) is 40.2 Å². The second-order valence-corrected chi connectivity index (χ2v) is 7.76. The molecule has 1 aliphatic heterocycles. The fraction of sp³-hybridized carbons (Fsp3) is 0.160. The Labute approximate surface area is 192 Å². The van der Waals surface area contributed by atoms with Crippen molar-refractivity contribution in [3.05, 3.63) is 70.4 Å². The number of aliphatic hydroxyl groups excluding tert-OH is 1. The third kappa shape index (κ3) is 3.52. The van der Waals surface area contributed by atoms with Crippen molar-refractivity contribution in [2.24, 2.45) is 0 Å². The zero-order valence-electron chi connectivity index (χ0n) is 17.9. The van der Waals surface area contributed by atoms with Crippen molar-refractivity contribution in [3.8, 4) is 45.8 Å². The van der Waals surface area contributed by atoms with Crippen LogP contribution in [0.5, 0.6) is 34.5 Å². The van der Waals surface area contributed by atoms with Gasteiger partial charge in [-0.05, 0) is 36.4 Å². The van der Waals surface area contributed by atoms with Crippen LogP contribution in [0, 0.1) is 0 Å². The molecule has 0 bridgehead atoms. The smallest absolute Gasteiger partial charge is 0.204 e. The van der Waals surface area contributed by atoms with E-state index in [0.29, 0.717) is 11.1 Å². The molecule has 0 amide bonds. The summed E-state index contributed by atoms with van der Waals surface area (Å²) in [7, 11) is 1.40.